The maximum absolute atomic E-state index is 12.2. The molecule has 1 heterocycles. The van der Waals surface area contributed by atoms with Crippen molar-refractivity contribution < 1.29 is 14.3 Å². The summed E-state index contributed by atoms with van der Waals surface area (Å²) in [4.78, 5) is 14.2. The Morgan fingerprint density at radius 2 is 1.84 bits per heavy atom. The average Bonchev–Trinajstić information content (AvgIpc) is 2.86. The normalized spacial score (nSPS) is 12.5. The smallest absolute Gasteiger partial charge is 0.231 e. The van der Waals surface area contributed by atoms with Gasteiger partial charge in [0.05, 0.1) is 6.42 Å². The van der Waals surface area contributed by atoms with Crippen molar-refractivity contribution in [2.75, 3.05) is 19.9 Å². The molecular weight excluding hydrogens is 242 g/mol. The molecule has 0 N–H and O–H groups in total. The molecule has 1 aliphatic rings. The van der Waals surface area contributed by atoms with Crippen LogP contribution in [0.1, 0.15) is 32.3 Å². The van der Waals surface area contributed by atoms with Gasteiger partial charge in [0.1, 0.15) is 0 Å². The van der Waals surface area contributed by atoms with E-state index in [4.69, 9.17) is 9.47 Å². The first-order chi connectivity index (χ1) is 9.24. The summed E-state index contributed by atoms with van der Waals surface area (Å²) < 4.78 is 10.6. The largest absolute Gasteiger partial charge is 0.454 e. The lowest BCUT2D eigenvalue weighted by molar-refractivity contribution is -0.130. The van der Waals surface area contributed by atoms with Crippen LogP contribution in [0.4, 0.5) is 0 Å². The van der Waals surface area contributed by atoms with Gasteiger partial charge in [0.2, 0.25) is 12.7 Å². The molecule has 0 spiro atoms. The van der Waals surface area contributed by atoms with Gasteiger partial charge in [-0.2, -0.15) is 0 Å². The highest BCUT2D eigenvalue weighted by atomic mass is 16.7. The molecule has 104 valence electrons. The Kier molecular flexibility index (Phi) is 4.66. The lowest BCUT2D eigenvalue weighted by Crippen LogP contribution is -2.33. The second-order valence-corrected chi connectivity index (χ2v) is 4.75. The molecule has 19 heavy (non-hydrogen) atoms. The van der Waals surface area contributed by atoms with E-state index in [-0.39, 0.29) is 12.7 Å². The third-order valence-corrected chi connectivity index (χ3v) is 3.13. The molecule has 0 fully saturated rings. The highest BCUT2D eigenvalue weighted by molar-refractivity contribution is 5.79. The van der Waals surface area contributed by atoms with Gasteiger partial charge in [-0.1, -0.05) is 19.9 Å². The van der Waals surface area contributed by atoms with E-state index in [9.17, 15) is 4.79 Å². The van der Waals surface area contributed by atoms with Gasteiger partial charge in [-0.25, -0.2) is 0 Å². The zero-order valence-corrected chi connectivity index (χ0v) is 11.6. The molecule has 0 bridgehead atoms. The Labute approximate surface area is 114 Å². The summed E-state index contributed by atoms with van der Waals surface area (Å²) in [5, 5.41) is 0. The van der Waals surface area contributed by atoms with Crippen molar-refractivity contribution >= 4 is 5.91 Å². The molecule has 0 saturated heterocycles. The predicted octanol–water partition coefficient (Wildman–Crippen LogP) is 2.61. The summed E-state index contributed by atoms with van der Waals surface area (Å²) >= 11 is 0. The van der Waals surface area contributed by atoms with Crippen LogP contribution in [0.2, 0.25) is 0 Å². The fourth-order valence-corrected chi connectivity index (χ4v) is 2.24. The molecular formula is C15H21NO3. The van der Waals surface area contributed by atoms with E-state index in [1.54, 1.807) is 0 Å². The Balaban J connectivity index is 2.01. The van der Waals surface area contributed by atoms with Gasteiger partial charge in [-0.15, -0.1) is 0 Å². The van der Waals surface area contributed by atoms with Crippen molar-refractivity contribution in [3.05, 3.63) is 23.8 Å². The first-order valence-corrected chi connectivity index (χ1v) is 6.91. The highest BCUT2D eigenvalue weighted by Gasteiger charge is 2.16. The number of benzene rings is 1. The minimum Gasteiger partial charge on any atom is -0.454 e. The van der Waals surface area contributed by atoms with E-state index in [1.165, 1.54) is 0 Å². The van der Waals surface area contributed by atoms with Gasteiger partial charge in [0, 0.05) is 13.1 Å². The van der Waals surface area contributed by atoms with Crippen molar-refractivity contribution in [2.45, 2.75) is 33.1 Å². The maximum Gasteiger partial charge on any atom is 0.231 e. The van der Waals surface area contributed by atoms with Crippen LogP contribution in [0, 0.1) is 0 Å². The topological polar surface area (TPSA) is 38.8 Å². The molecule has 0 unspecified atom stereocenters. The lowest BCUT2D eigenvalue weighted by atomic mass is 10.1. The standard InChI is InChI=1S/C15H21NO3/c1-3-7-16(8-4-2)15(17)10-12-5-6-13-14(9-12)19-11-18-13/h5-6,9H,3-4,7-8,10-11H2,1-2H3. The number of hydrogen-bond acceptors (Lipinski definition) is 3. The quantitative estimate of drug-likeness (QED) is 0.792. The van der Waals surface area contributed by atoms with Gasteiger partial charge < -0.3 is 14.4 Å². The van der Waals surface area contributed by atoms with Crippen molar-refractivity contribution in [1.29, 1.82) is 0 Å². The fraction of sp³-hybridized carbons (Fsp3) is 0.533. The summed E-state index contributed by atoms with van der Waals surface area (Å²) in [6, 6.07) is 5.70. The molecule has 0 radical (unpaired) electrons. The monoisotopic (exact) mass is 263 g/mol. The Morgan fingerprint density at radius 3 is 2.53 bits per heavy atom. The minimum atomic E-state index is 0.183. The molecule has 1 aliphatic heterocycles. The molecule has 0 saturated carbocycles. The predicted molar refractivity (Wildman–Crippen MR) is 73.4 cm³/mol. The maximum atomic E-state index is 12.2. The number of amides is 1. The molecule has 0 atom stereocenters. The number of hydrogen-bond donors (Lipinski definition) is 0. The summed E-state index contributed by atoms with van der Waals surface area (Å²) in [7, 11) is 0. The number of nitrogens with zero attached hydrogens (tertiary/aromatic N) is 1. The van der Waals surface area contributed by atoms with E-state index >= 15 is 0 Å². The van der Waals surface area contributed by atoms with Gasteiger partial charge in [0.15, 0.2) is 11.5 Å². The van der Waals surface area contributed by atoms with E-state index in [0.717, 1.165) is 43.0 Å². The van der Waals surface area contributed by atoms with Gasteiger partial charge in [-0.05, 0) is 30.5 Å². The SMILES string of the molecule is CCCN(CCC)C(=O)Cc1ccc2c(c1)OCO2. The van der Waals surface area contributed by atoms with Crippen LogP contribution in [0.15, 0.2) is 18.2 Å². The molecule has 1 amide bonds. The molecule has 1 aromatic rings. The van der Waals surface area contributed by atoms with E-state index in [2.05, 4.69) is 13.8 Å². The van der Waals surface area contributed by atoms with Crippen LogP contribution in [0.5, 0.6) is 11.5 Å². The molecule has 4 nitrogen and oxygen atoms in total. The van der Waals surface area contributed by atoms with E-state index < -0.39 is 0 Å². The fourth-order valence-electron chi connectivity index (χ4n) is 2.24. The first kappa shape index (κ1) is 13.7. The lowest BCUT2D eigenvalue weighted by Gasteiger charge is -2.21. The third kappa shape index (κ3) is 3.40. The van der Waals surface area contributed by atoms with Crippen LogP contribution in [-0.2, 0) is 11.2 Å². The summed E-state index contributed by atoms with van der Waals surface area (Å²) in [6.07, 6.45) is 2.41. The van der Waals surface area contributed by atoms with Crippen molar-refractivity contribution in [2.24, 2.45) is 0 Å². The Hall–Kier alpha value is -1.71. The second kappa shape index (κ2) is 6.45. The number of carbonyl (C=O) groups excluding carboxylic acids is 1. The van der Waals surface area contributed by atoms with Crippen LogP contribution in [0.25, 0.3) is 0 Å². The third-order valence-electron chi connectivity index (χ3n) is 3.13. The van der Waals surface area contributed by atoms with Crippen LogP contribution in [0.3, 0.4) is 0 Å². The molecule has 0 aliphatic carbocycles. The van der Waals surface area contributed by atoms with Gasteiger partial charge in [0.25, 0.3) is 0 Å². The molecule has 1 aromatic carbocycles. The summed E-state index contributed by atoms with van der Waals surface area (Å²) in [5.41, 5.74) is 0.978. The van der Waals surface area contributed by atoms with Crippen molar-refractivity contribution in [1.82, 2.24) is 4.90 Å². The zero-order valence-electron chi connectivity index (χ0n) is 11.6. The van der Waals surface area contributed by atoms with Crippen LogP contribution < -0.4 is 9.47 Å². The van der Waals surface area contributed by atoms with Gasteiger partial charge >= 0.3 is 0 Å². The number of carbonyl (C=O) groups is 1. The number of ether oxygens (including phenoxy) is 2. The van der Waals surface area contributed by atoms with Crippen molar-refractivity contribution in [3.8, 4) is 11.5 Å². The highest BCUT2D eigenvalue weighted by Crippen LogP contribution is 2.32. The Morgan fingerprint density at radius 1 is 1.16 bits per heavy atom. The van der Waals surface area contributed by atoms with Crippen LogP contribution in [-0.4, -0.2) is 30.7 Å². The zero-order chi connectivity index (χ0) is 13.7. The summed E-state index contributed by atoms with van der Waals surface area (Å²) in [5.74, 6) is 1.68. The summed E-state index contributed by atoms with van der Waals surface area (Å²) in [6.45, 7) is 6.12. The second-order valence-electron chi connectivity index (χ2n) is 4.75. The molecule has 4 heteroatoms. The van der Waals surface area contributed by atoms with Crippen LogP contribution >= 0.6 is 0 Å². The number of rotatable bonds is 6. The van der Waals surface area contributed by atoms with E-state index in [1.807, 2.05) is 23.1 Å². The number of fused-ring (bicyclic) bond motifs is 1. The minimum absolute atomic E-state index is 0.183. The van der Waals surface area contributed by atoms with E-state index in [0.29, 0.717) is 6.42 Å². The average molecular weight is 263 g/mol. The Bertz CT molecular complexity index is 439. The van der Waals surface area contributed by atoms with Gasteiger partial charge in [-0.3, -0.25) is 4.79 Å². The van der Waals surface area contributed by atoms with Crippen molar-refractivity contribution in [3.63, 3.8) is 0 Å². The first-order valence-electron chi connectivity index (χ1n) is 6.91. The molecule has 0 aromatic heterocycles. The molecule has 2 rings (SSSR count).